The number of ether oxygens (including phenoxy) is 1. The van der Waals surface area contributed by atoms with Crippen LogP contribution in [0.1, 0.15) is 78.1 Å². The zero-order chi connectivity index (χ0) is 19.2. The molecule has 0 aliphatic heterocycles. The normalized spacial score (nSPS) is 26.2. The van der Waals surface area contributed by atoms with Crippen LogP contribution in [0.5, 0.6) is 0 Å². The standard InChI is InChI=1S/C22H38O4/c1-3-5-6-7-8-11-14-18-19(21(24)17-20(18)23)15-12-9-10-13-16-22(25)26-4-2/h9,11-12,14,18-21,23-24H,3-8,10,13,15-17H2,1-2H3/b12-9-,14-11+/t18-,19-,20-,21-/m1/s1. The number of allylic oxidation sites excluding steroid dienone is 3. The fourth-order valence-corrected chi connectivity index (χ4v) is 3.62. The molecule has 1 aliphatic rings. The first-order valence-electron chi connectivity index (χ1n) is 10.4. The van der Waals surface area contributed by atoms with E-state index in [9.17, 15) is 15.0 Å². The number of hydrogen-bond donors (Lipinski definition) is 2. The van der Waals surface area contributed by atoms with E-state index in [1.54, 1.807) is 0 Å². The van der Waals surface area contributed by atoms with Gasteiger partial charge >= 0.3 is 5.97 Å². The van der Waals surface area contributed by atoms with Crippen LogP contribution in [-0.2, 0) is 9.53 Å². The second kappa shape index (κ2) is 14.0. The molecule has 0 heterocycles. The van der Waals surface area contributed by atoms with Crippen molar-refractivity contribution in [3.8, 4) is 0 Å². The van der Waals surface area contributed by atoms with Gasteiger partial charge in [-0.1, -0.05) is 50.5 Å². The van der Waals surface area contributed by atoms with Gasteiger partial charge in [-0.3, -0.25) is 4.79 Å². The Kier molecular flexibility index (Phi) is 12.3. The van der Waals surface area contributed by atoms with Crippen LogP contribution in [0, 0.1) is 11.8 Å². The van der Waals surface area contributed by atoms with Crippen LogP contribution in [0.25, 0.3) is 0 Å². The van der Waals surface area contributed by atoms with E-state index in [1.807, 2.05) is 6.92 Å². The molecule has 0 bridgehead atoms. The molecule has 4 atom stereocenters. The topological polar surface area (TPSA) is 66.8 Å². The van der Waals surface area contributed by atoms with Crippen molar-refractivity contribution in [1.29, 1.82) is 0 Å². The Morgan fingerprint density at radius 1 is 1.00 bits per heavy atom. The van der Waals surface area contributed by atoms with E-state index in [-0.39, 0.29) is 17.8 Å². The summed E-state index contributed by atoms with van der Waals surface area (Å²) in [7, 11) is 0. The van der Waals surface area contributed by atoms with Gasteiger partial charge in [0.2, 0.25) is 0 Å². The molecule has 0 aromatic rings. The lowest BCUT2D eigenvalue weighted by Gasteiger charge is -2.19. The fourth-order valence-electron chi connectivity index (χ4n) is 3.62. The molecule has 4 nitrogen and oxygen atoms in total. The molecule has 0 aromatic heterocycles. The van der Waals surface area contributed by atoms with Gasteiger partial charge in [0.05, 0.1) is 18.8 Å². The van der Waals surface area contributed by atoms with Gasteiger partial charge in [0, 0.05) is 18.8 Å². The highest BCUT2D eigenvalue weighted by molar-refractivity contribution is 5.69. The van der Waals surface area contributed by atoms with E-state index < -0.39 is 12.2 Å². The molecule has 26 heavy (non-hydrogen) atoms. The third-order valence-electron chi connectivity index (χ3n) is 5.13. The molecule has 1 fully saturated rings. The monoisotopic (exact) mass is 366 g/mol. The summed E-state index contributed by atoms with van der Waals surface area (Å²) in [5.74, 6) is -0.0158. The number of carbonyl (C=O) groups is 1. The number of hydrogen-bond acceptors (Lipinski definition) is 4. The van der Waals surface area contributed by atoms with Gasteiger partial charge in [-0.15, -0.1) is 0 Å². The minimum Gasteiger partial charge on any atom is -0.466 e. The highest BCUT2D eigenvalue weighted by atomic mass is 16.5. The maximum atomic E-state index is 11.3. The van der Waals surface area contributed by atoms with E-state index >= 15 is 0 Å². The van der Waals surface area contributed by atoms with Crippen molar-refractivity contribution in [2.75, 3.05) is 6.61 Å². The number of unbranched alkanes of at least 4 members (excludes halogenated alkanes) is 5. The van der Waals surface area contributed by atoms with E-state index in [2.05, 4.69) is 31.2 Å². The van der Waals surface area contributed by atoms with Crippen molar-refractivity contribution in [3.05, 3.63) is 24.3 Å². The van der Waals surface area contributed by atoms with Gasteiger partial charge in [-0.05, 0) is 44.9 Å². The first kappa shape index (κ1) is 22.9. The van der Waals surface area contributed by atoms with E-state index in [0.717, 1.165) is 25.7 Å². The maximum Gasteiger partial charge on any atom is 0.305 e. The molecule has 4 heteroatoms. The first-order chi connectivity index (χ1) is 12.6. The molecule has 0 unspecified atom stereocenters. The van der Waals surface area contributed by atoms with Crippen molar-refractivity contribution >= 4 is 5.97 Å². The molecule has 0 radical (unpaired) electrons. The van der Waals surface area contributed by atoms with Crippen molar-refractivity contribution < 1.29 is 19.7 Å². The number of esters is 1. The summed E-state index contributed by atoms with van der Waals surface area (Å²) in [6, 6.07) is 0. The molecular formula is C22H38O4. The molecule has 150 valence electrons. The highest BCUT2D eigenvalue weighted by Gasteiger charge is 2.39. The van der Waals surface area contributed by atoms with Crippen LogP contribution < -0.4 is 0 Å². The molecule has 0 aromatic carbocycles. The summed E-state index contributed by atoms with van der Waals surface area (Å²) in [6.07, 6.45) is 16.9. The van der Waals surface area contributed by atoms with Gasteiger partial charge in [0.1, 0.15) is 0 Å². The SMILES string of the molecule is CCCCCC/C=C/[C@@H]1[C@@H](C/C=C\CCCC(=O)OCC)[C@H](O)C[C@H]1O. The zero-order valence-corrected chi connectivity index (χ0v) is 16.6. The van der Waals surface area contributed by atoms with Gasteiger partial charge in [0.15, 0.2) is 0 Å². The third-order valence-corrected chi connectivity index (χ3v) is 5.13. The predicted octanol–water partition coefficient (Wildman–Crippen LogP) is 4.55. The lowest BCUT2D eigenvalue weighted by Crippen LogP contribution is -2.19. The quantitative estimate of drug-likeness (QED) is 0.285. The van der Waals surface area contributed by atoms with Crippen molar-refractivity contribution in [2.24, 2.45) is 11.8 Å². The lowest BCUT2D eigenvalue weighted by atomic mass is 9.89. The van der Waals surface area contributed by atoms with E-state index in [1.165, 1.54) is 25.7 Å². The largest absolute Gasteiger partial charge is 0.466 e. The van der Waals surface area contributed by atoms with Crippen LogP contribution in [0.2, 0.25) is 0 Å². The number of aliphatic hydroxyl groups excluding tert-OH is 2. The number of aliphatic hydroxyl groups is 2. The van der Waals surface area contributed by atoms with Crippen LogP contribution in [-0.4, -0.2) is 35.0 Å². The molecule has 1 saturated carbocycles. The van der Waals surface area contributed by atoms with Crippen LogP contribution in [0.4, 0.5) is 0 Å². The third kappa shape index (κ3) is 9.00. The second-order valence-electron chi connectivity index (χ2n) is 7.29. The smallest absolute Gasteiger partial charge is 0.305 e. The highest BCUT2D eigenvalue weighted by Crippen LogP contribution is 2.36. The Bertz CT molecular complexity index is 430. The van der Waals surface area contributed by atoms with Gasteiger partial charge in [-0.25, -0.2) is 0 Å². The van der Waals surface area contributed by atoms with Crippen LogP contribution in [0.3, 0.4) is 0 Å². The zero-order valence-electron chi connectivity index (χ0n) is 16.6. The molecular weight excluding hydrogens is 328 g/mol. The average Bonchev–Trinajstić information content (AvgIpc) is 2.87. The van der Waals surface area contributed by atoms with E-state index in [0.29, 0.717) is 19.4 Å². The summed E-state index contributed by atoms with van der Waals surface area (Å²) in [5.41, 5.74) is 0. The lowest BCUT2D eigenvalue weighted by molar-refractivity contribution is -0.143. The Morgan fingerprint density at radius 2 is 1.77 bits per heavy atom. The Balaban J connectivity index is 2.33. The minimum atomic E-state index is -0.445. The molecule has 0 amide bonds. The number of carbonyl (C=O) groups excluding carboxylic acids is 1. The van der Waals surface area contributed by atoms with Gasteiger partial charge in [0.25, 0.3) is 0 Å². The van der Waals surface area contributed by atoms with Crippen molar-refractivity contribution in [2.45, 2.75) is 90.3 Å². The first-order valence-corrected chi connectivity index (χ1v) is 10.4. The van der Waals surface area contributed by atoms with E-state index in [4.69, 9.17) is 4.74 Å². The Hall–Kier alpha value is -1.13. The molecule has 0 spiro atoms. The predicted molar refractivity (Wildman–Crippen MR) is 106 cm³/mol. The minimum absolute atomic E-state index is 0.0420. The number of rotatable bonds is 13. The summed E-state index contributed by atoms with van der Waals surface area (Å²) in [6.45, 7) is 4.46. The van der Waals surface area contributed by atoms with Crippen molar-refractivity contribution in [3.63, 3.8) is 0 Å². The molecule has 1 rings (SSSR count). The molecule has 2 N–H and O–H groups in total. The second-order valence-corrected chi connectivity index (χ2v) is 7.29. The van der Waals surface area contributed by atoms with Crippen LogP contribution >= 0.6 is 0 Å². The summed E-state index contributed by atoms with van der Waals surface area (Å²) in [5, 5.41) is 20.5. The Morgan fingerprint density at radius 3 is 2.50 bits per heavy atom. The summed E-state index contributed by atoms with van der Waals surface area (Å²) in [4.78, 5) is 11.3. The van der Waals surface area contributed by atoms with Gasteiger partial charge in [-0.2, -0.15) is 0 Å². The average molecular weight is 367 g/mol. The molecule has 0 saturated heterocycles. The summed E-state index contributed by atoms with van der Waals surface area (Å²) < 4.78 is 4.91. The van der Waals surface area contributed by atoms with Gasteiger partial charge < -0.3 is 14.9 Å². The maximum absolute atomic E-state index is 11.3. The molecule has 1 aliphatic carbocycles. The van der Waals surface area contributed by atoms with Crippen molar-refractivity contribution in [1.82, 2.24) is 0 Å². The fraction of sp³-hybridized carbons (Fsp3) is 0.773. The van der Waals surface area contributed by atoms with Crippen LogP contribution in [0.15, 0.2) is 24.3 Å². The Labute approximate surface area is 159 Å². The summed E-state index contributed by atoms with van der Waals surface area (Å²) >= 11 is 0.